The number of carbonyl (C=O) groups excluding carboxylic acids is 1. The van der Waals surface area contributed by atoms with E-state index in [1.54, 1.807) is 6.92 Å². The van der Waals surface area contributed by atoms with E-state index in [-0.39, 0.29) is 18.3 Å². The van der Waals surface area contributed by atoms with Crippen molar-refractivity contribution in [2.75, 3.05) is 0 Å². The van der Waals surface area contributed by atoms with Crippen LogP contribution in [0.15, 0.2) is 65.1 Å². The van der Waals surface area contributed by atoms with Crippen LogP contribution in [0.25, 0.3) is 17.1 Å². The number of benzene rings is 2. The third kappa shape index (κ3) is 4.00. The Bertz CT molecular complexity index is 1150. The zero-order chi connectivity index (χ0) is 21.1. The number of carbonyl (C=O) groups is 1. The number of para-hydroxylation sites is 1. The van der Waals surface area contributed by atoms with Crippen LogP contribution in [0.4, 0.5) is 0 Å². The van der Waals surface area contributed by atoms with Crippen molar-refractivity contribution < 1.29 is 13.9 Å². The molecule has 30 heavy (non-hydrogen) atoms. The van der Waals surface area contributed by atoms with E-state index in [9.17, 15) is 4.79 Å². The van der Waals surface area contributed by atoms with Gasteiger partial charge in [-0.25, -0.2) is 4.68 Å². The maximum Gasteiger partial charge on any atom is 0.311 e. The summed E-state index contributed by atoms with van der Waals surface area (Å²) in [5.74, 6) is 0.278. The van der Waals surface area contributed by atoms with Crippen molar-refractivity contribution in [3.8, 4) is 17.1 Å². The topological polar surface area (TPSA) is 83.0 Å². The number of esters is 1. The van der Waals surface area contributed by atoms with Gasteiger partial charge in [-0.1, -0.05) is 36.4 Å². The Morgan fingerprint density at radius 1 is 1.03 bits per heavy atom. The number of aryl methyl sites for hydroxylation is 1. The van der Waals surface area contributed by atoms with E-state index >= 15 is 0 Å². The summed E-state index contributed by atoms with van der Waals surface area (Å²) in [6.07, 6.45) is -0.527. The number of rotatable bonds is 6. The van der Waals surface area contributed by atoms with Crippen molar-refractivity contribution in [2.24, 2.45) is 0 Å². The SMILES string of the molecule is Cc1nn(-c2ccccc2)c(C)c1CC(=O)O[C@@H](C)c1nnc(-c2ccccc2)o1. The highest BCUT2D eigenvalue weighted by Gasteiger charge is 2.22. The summed E-state index contributed by atoms with van der Waals surface area (Å²) >= 11 is 0. The van der Waals surface area contributed by atoms with Gasteiger partial charge in [-0.15, -0.1) is 10.2 Å². The van der Waals surface area contributed by atoms with Crippen molar-refractivity contribution in [2.45, 2.75) is 33.3 Å². The fraction of sp³-hybridized carbons (Fsp3) is 0.217. The second kappa shape index (κ2) is 8.32. The molecule has 2 heterocycles. The lowest BCUT2D eigenvalue weighted by molar-refractivity contribution is -0.148. The predicted molar refractivity (Wildman–Crippen MR) is 111 cm³/mol. The minimum atomic E-state index is -0.646. The first-order chi connectivity index (χ1) is 14.5. The number of hydrogen-bond acceptors (Lipinski definition) is 6. The van der Waals surface area contributed by atoms with Crippen molar-refractivity contribution in [3.63, 3.8) is 0 Å². The summed E-state index contributed by atoms with van der Waals surface area (Å²) in [5, 5.41) is 12.6. The molecule has 0 aliphatic rings. The van der Waals surface area contributed by atoms with E-state index in [0.717, 1.165) is 28.2 Å². The second-order valence-corrected chi connectivity index (χ2v) is 7.02. The van der Waals surface area contributed by atoms with Gasteiger partial charge in [0.25, 0.3) is 5.89 Å². The lowest BCUT2D eigenvalue weighted by Crippen LogP contribution is -2.12. The van der Waals surface area contributed by atoms with Crippen LogP contribution in [0.1, 0.15) is 35.9 Å². The molecule has 0 N–H and O–H groups in total. The molecule has 0 bridgehead atoms. The van der Waals surface area contributed by atoms with Gasteiger partial charge in [0.05, 0.1) is 17.8 Å². The highest BCUT2D eigenvalue weighted by molar-refractivity contribution is 5.73. The molecule has 4 aromatic rings. The van der Waals surface area contributed by atoms with Gasteiger partial charge < -0.3 is 9.15 Å². The maximum atomic E-state index is 12.6. The Balaban J connectivity index is 1.45. The van der Waals surface area contributed by atoms with Gasteiger partial charge in [0, 0.05) is 16.8 Å². The average Bonchev–Trinajstić information content (AvgIpc) is 3.36. The van der Waals surface area contributed by atoms with Gasteiger partial charge >= 0.3 is 5.97 Å². The average molecular weight is 402 g/mol. The molecule has 7 heteroatoms. The van der Waals surface area contributed by atoms with Crippen molar-refractivity contribution in [1.82, 2.24) is 20.0 Å². The lowest BCUT2D eigenvalue weighted by atomic mass is 10.1. The molecule has 0 aliphatic heterocycles. The fourth-order valence-electron chi connectivity index (χ4n) is 3.28. The Morgan fingerprint density at radius 3 is 2.40 bits per heavy atom. The van der Waals surface area contributed by atoms with Gasteiger partial charge in [-0.05, 0) is 45.0 Å². The molecule has 0 radical (unpaired) electrons. The summed E-state index contributed by atoms with van der Waals surface area (Å²) in [6, 6.07) is 19.3. The van der Waals surface area contributed by atoms with Crippen molar-refractivity contribution in [1.29, 1.82) is 0 Å². The van der Waals surface area contributed by atoms with Crippen LogP contribution in [0, 0.1) is 13.8 Å². The Morgan fingerprint density at radius 2 is 1.70 bits per heavy atom. The normalized spacial score (nSPS) is 12.0. The highest BCUT2D eigenvalue weighted by Crippen LogP contribution is 2.23. The van der Waals surface area contributed by atoms with Crippen molar-refractivity contribution in [3.05, 3.63) is 83.5 Å². The van der Waals surface area contributed by atoms with E-state index in [2.05, 4.69) is 15.3 Å². The van der Waals surface area contributed by atoms with Gasteiger partial charge in [0.1, 0.15) is 0 Å². The molecule has 0 aliphatic carbocycles. The maximum absolute atomic E-state index is 12.6. The minimum Gasteiger partial charge on any atom is -0.452 e. The number of hydrogen-bond donors (Lipinski definition) is 0. The van der Waals surface area contributed by atoms with E-state index in [1.165, 1.54) is 0 Å². The Hall–Kier alpha value is -3.74. The first-order valence-corrected chi connectivity index (χ1v) is 9.71. The summed E-state index contributed by atoms with van der Waals surface area (Å²) in [6.45, 7) is 5.55. The van der Waals surface area contributed by atoms with Gasteiger partial charge in [0.15, 0.2) is 6.10 Å². The van der Waals surface area contributed by atoms with Crippen LogP contribution in [0.5, 0.6) is 0 Å². The van der Waals surface area contributed by atoms with Crippen LogP contribution in [-0.2, 0) is 16.0 Å². The minimum absolute atomic E-state index is 0.120. The standard InChI is InChI=1S/C23H22N4O3/c1-15-20(16(2)27(26-15)19-12-8-5-9-13-19)14-21(28)29-17(3)22-24-25-23(30-22)18-10-6-4-7-11-18/h4-13,17H,14H2,1-3H3/t17-/m0/s1. The number of aromatic nitrogens is 4. The van der Waals surface area contributed by atoms with Crippen LogP contribution in [-0.4, -0.2) is 25.9 Å². The highest BCUT2D eigenvalue weighted by atomic mass is 16.6. The first kappa shape index (κ1) is 19.6. The fourth-order valence-corrected chi connectivity index (χ4v) is 3.28. The molecule has 1 atom stereocenters. The molecule has 0 unspecified atom stereocenters. The molecule has 152 valence electrons. The van der Waals surface area contributed by atoms with Gasteiger partial charge in [0.2, 0.25) is 5.89 Å². The zero-order valence-electron chi connectivity index (χ0n) is 17.1. The van der Waals surface area contributed by atoms with Crippen LogP contribution < -0.4 is 0 Å². The van der Waals surface area contributed by atoms with Gasteiger partial charge in [-0.2, -0.15) is 5.10 Å². The molecule has 2 aromatic heterocycles. The molecule has 2 aromatic carbocycles. The second-order valence-electron chi connectivity index (χ2n) is 7.02. The first-order valence-electron chi connectivity index (χ1n) is 9.71. The molecule has 0 fully saturated rings. The van der Waals surface area contributed by atoms with Crippen molar-refractivity contribution >= 4 is 5.97 Å². The monoisotopic (exact) mass is 402 g/mol. The summed E-state index contributed by atoms with van der Waals surface area (Å²) < 4.78 is 13.1. The molecule has 0 amide bonds. The molecule has 4 rings (SSSR count). The zero-order valence-corrected chi connectivity index (χ0v) is 17.1. The Labute approximate surface area is 174 Å². The quantitative estimate of drug-likeness (QED) is 0.445. The summed E-state index contributed by atoms with van der Waals surface area (Å²) in [4.78, 5) is 12.6. The van der Waals surface area contributed by atoms with Crippen LogP contribution in [0.3, 0.4) is 0 Å². The number of ether oxygens (including phenoxy) is 1. The molecule has 0 saturated carbocycles. The molecule has 7 nitrogen and oxygen atoms in total. The third-order valence-corrected chi connectivity index (χ3v) is 4.88. The largest absolute Gasteiger partial charge is 0.452 e. The van der Waals surface area contributed by atoms with E-state index < -0.39 is 6.10 Å². The van der Waals surface area contributed by atoms with E-state index in [4.69, 9.17) is 9.15 Å². The van der Waals surface area contributed by atoms with E-state index in [0.29, 0.717) is 5.89 Å². The van der Waals surface area contributed by atoms with Crippen LogP contribution >= 0.6 is 0 Å². The summed E-state index contributed by atoms with van der Waals surface area (Å²) in [5.41, 5.74) is 4.32. The smallest absolute Gasteiger partial charge is 0.311 e. The molecular weight excluding hydrogens is 380 g/mol. The van der Waals surface area contributed by atoms with Crippen LogP contribution in [0.2, 0.25) is 0 Å². The molecular formula is C23H22N4O3. The Kier molecular flexibility index (Phi) is 5.43. The lowest BCUT2D eigenvalue weighted by Gasteiger charge is -2.10. The predicted octanol–water partition coefficient (Wildman–Crippen LogP) is 4.39. The molecule has 0 spiro atoms. The molecule has 0 saturated heterocycles. The summed E-state index contributed by atoms with van der Waals surface area (Å²) in [7, 11) is 0. The number of nitrogens with zero attached hydrogens (tertiary/aromatic N) is 4. The van der Waals surface area contributed by atoms with Gasteiger partial charge in [-0.3, -0.25) is 4.79 Å². The third-order valence-electron chi connectivity index (χ3n) is 4.88. The van der Waals surface area contributed by atoms with E-state index in [1.807, 2.05) is 79.2 Å².